The second-order valence-corrected chi connectivity index (χ2v) is 7.52. The largest absolute Gasteiger partial charge is 0.481 e. The van der Waals surface area contributed by atoms with E-state index in [2.05, 4.69) is 12.2 Å². The zero-order valence-corrected chi connectivity index (χ0v) is 16.9. The van der Waals surface area contributed by atoms with Gasteiger partial charge in [-0.3, -0.25) is 14.4 Å². The Bertz CT molecular complexity index is 447. The van der Waals surface area contributed by atoms with Crippen LogP contribution in [0, 0.1) is 11.8 Å². The normalized spacial score (nSPS) is 15.6. The minimum atomic E-state index is -0.960. The number of nitrogens with one attached hydrogen (secondary N) is 1. The highest BCUT2D eigenvalue weighted by atomic mass is 16.4. The average molecular weight is 390 g/mol. The minimum Gasteiger partial charge on any atom is -0.481 e. The van der Waals surface area contributed by atoms with Gasteiger partial charge in [-0.25, -0.2) is 0 Å². The third kappa shape index (κ3) is 10.9. The van der Waals surface area contributed by atoms with Crippen LogP contribution in [0.3, 0.4) is 0 Å². The Kier molecular flexibility index (Phi) is 12.7. The van der Waals surface area contributed by atoms with Crippen LogP contribution in [0.2, 0.25) is 0 Å². The van der Waals surface area contributed by atoms with E-state index in [4.69, 9.17) is 0 Å². The molecule has 0 rings (SSSR count). The summed E-state index contributed by atoms with van der Waals surface area (Å²) < 4.78 is 0.146. The van der Waals surface area contributed by atoms with Crippen LogP contribution in [0.4, 0.5) is 0 Å². The summed E-state index contributed by atoms with van der Waals surface area (Å²) in [5.41, 5.74) is 0. The molecule has 0 fully saturated rings. The molecule has 4 N–H and O–H groups in total. The maximum Gasteiger partial charge on any atom is 0.311 e. The molecule has 0 saturated carbocycles. The van der Waals surface area contributed by atoms with E-state index in [0.29, 0.717) is 19.5 Å². The van der Waals surface area contributed by atoms with Crippen molar-refractivity contribution in [3.63, 3.8) is 0 Å². The Balaban J connectivity index is 4.91. The highest BCUT2D eigenvalue weighted by Gasteiger charge is 2.35. The molecule has 0 aromatic carbocycles. The number of aliphatic carboxylic acids is 2. The van der Waals surface area contributed by atoms with Crippen molar-refractivity contribution in [3.8, 4) is 0 Å². The molecule has 0 aliphatic rings. The number of hydrogen-bond acceptors (Lipinski definition) is 4. The first-order chi connectivity index (χ1) is 12.7. The highest BCUT2D eigenvalue weighted by molar-refractivity contribution is 5.75. The Morgan fingerprint density at radius 2 is 1.48 bits per heavy atom. The second-order valence-electron chi connectivity index (χ2n) is 7.52. The lowest BCUT2D eigenvalue weighted by Gasteiger charge is -2.40. The third-order valence-corrected chi connectivity index (χ3v) is 4.91. The number of carboxylic acids is 2. The summed E-state index contributed by atoms with van der Waals surface area (Å²) in [6.45, 7) is 6.46. The van der Waals surface area contributed by atoms with Crippen molar-refractivity contribution in [3.05, 3.63) is 0 Å². The lowest BCUT2D eigenvalue weighted by atomic mass is 10.1. The SMILES string of the molecule is CCCCCCC(=O)NCC[N+](CCO)(CC(C)C(=O)O)CC(C)C(=O)O. The fourth-order valence-corrected chi connectivity index (χ4v) is 3.31. The third-order valence-electron chi connectivity index (χ3n) is 4.91. The molecule has 0 heterocycles. The number of carbonyl (C=O) groups is 3. The quantitative estimate of drug-likeness (QED) is 0.233. The predicted molar refractivity (Wildman–Crippen MR) is 102 cm³/mol. The molecule has 0 aromatic heterocycles. The fraction of sp³-hybridized carbons (Fsp3) is 0.842. The van der Waals surface area contributed by atoms with Gasteiger partial charge in [0.25, 0.3) is 0 Å². The molecule has 2 unspecified atom stereocenters. The minimum absolute atomic E-state index is 0.0502. The first kappa shape index (κ1) is 25.3. The summed E-state index contributed by atoms with van der Waals surface area (Å²) in [5.74, 6) is -3.33. The lowest BCUT2D eigenvalue weighted by Crippen LogP contribution is -2.58. The molecule has 0 aromatic rings. The molecule has 8 nitrogen and oxygen atoms in total. The zero-order valence-electron chi connectivity index (χ0n) is 16.9. The van der Waals surface area contributed by atoms with Crippen molar-refractivity contribution in [2.45, 2.75) is 52.9 Å². The van der Waals surface area contributed by atoms with Gasteiger partial charge in [0.1, 0.15) is 18.4 Å². The Hall–Kier alpha value is -1.67. The number of nitrogens with zero attached hydrogens (tertiary/aromatic N) is 1. The van der Waals surface area contributed by atoms with Gasteiger partial charge in [0.2, 0.25) is 5.91 Å². The average Bonchev–Trinajstić information content (AvgIpc) is 2.58. The van der Waals surface area contributed by atoms with Crippen LogP contribution in [0.15, 0.2) is 0 Å². The Morgan fingerprint density at radius 3 is 1.93 bits per heavy atom. The maximum atomic E-state index is 12.0. The number of hydrogen-bond donors (Lipinski definition) is 4. The molecule has 0 aliphatic carbocycles. The van der Waals surface area contributed by atoms with Gasteiger partial charge in [-0.2, -0.15) is 0 Å². The summed E-state index contributed by atoms with van der Waals surface area (Å²) in [6, 6.07) is 0. The number of aliphatic hydroxyl groups is 1. The number of quaternary nitrogens is 1. The molecule has 2 atom stereocenters. The molecule has 0 bridgehead atoms. The number of carbonyl (C=O) groups excluding carboxylic acids is 1. The smallest absolute Gasteiger partial charge is 0.311 e. The molecular formula is C19H37N2O6+. The number of unbranched alkanes of at least 4 members (excludes halogenated alkanes) is 3. The van der Waals surface area contributed by atoms with Crippen LogP contribution in [0.1, 0.15) is 52.9 Å². The predicted octanol–water partition coefficient (Wildman–Crippen LogP) is 1.32. The first-order valence-corrected chi connectivity index (χ1v) is 9.85. The van der Waals surface area contributed by atoms with Gasteiger partial charge in [-0.15, -0.1) is 0 Å². The summed E-state index contributed by atoms with van der Waals surface area (Å²) in [6.07, 6.45) is 4.51. The molecule has 27 heavy (non-hydrogen) atoms. The van der Waals surface area contributed by atoms with Crippen molar-refractivity contribution in [2.24, 2.45) is 11.8 Å². The van der Waals surface area contributed by atoms with E-state index in [9.17, 15) is 29.7 Å². The first-order valence-electron chi connectivity index (χ1n) is 9.85. The molecule has 0 spiro atoms. The summed E-state index contributed by atoms with van der Waals surface area (Å²) in [7, 11) is 0. The number of amides is 1. The molecular weight excluding hydrogens is 352 g/mol. The van der Waals surface area contributed by atoms with E-state index in [1.54, 1.807) is 13.8 Å². The van der Waals surface area contributed by atoms with Gasteiger partial charge in [0.05, 0.1) is 32.8 Å². The number of rotatable bonds is 16. The van der Waals surface area contributed by atoms with Gasteiger partial charge < -0.3 is 25.1 Å². The summed E-state index contributed by atoms with van der Waals surface area (Å²) in [5, 5.41) is 30.8. The van der Waals surface area contributed by atoms with E-state index in [-0.39, 0.29) is 36.6 Å². The summed E-state index contributed by atoms with van der Waals surface area (Å²) >= 11 is 0. The van der Waals surface area contributed by atoms with Crippen LogP contribution >= 0.6 is 0 Å². The highest BCUT2D eigenvalue weighted by Crippen LogP contribution is 2.16. The van der Waals surface area contributed by atoms with Crippen LogP contribution in [-0.4, -0.2) is 77.0 Å². The number of aliphatic hydroxyl groups excluding tert-OH is 1. The maximum absolute atomic E-state index is 12.0. The second kappa shape index (κ2) is 13.5. The van der Waals surface area contributed by atoms with Crippen LogP contribution < -0.4 is 5.32 Å². The van der Waals surface area contributed by atoms with Gasteiger partial charge in [-0.05, 0) is 20.3 Å². The fourth-order valence-electron chi connectivity index (χ4n) is 3.31. The topological polar surface area (TPSA) is 124 Å². The molecule has 8 heteroatoms. The Morgan fingerprint density at radius 1 is 0.926 bits per heavy atom. The zero-order chi connectivity index (χ0) is 20.9. The van der Waals surface area contributed by atoms with E-state index >= 15 is 0 Å². The standard InChI is InChI=1S/C19H36N2O6/c1-4-5-6-7-8-17(23)20-9-10-21(11-12-22,13-15(2)18(24)25)14-16(3)19(26)27/h15-16,22H,4-14H2,1-3H3,(H2-,20,23,24,25,26,27)/p+1. The van der Waals surface area contributed by atoms with Crippen molar-refractivity contribution in [1.29, 1.82) is 0 Å². The van der Waals surface area contributed by atoms with Crippen molar-refractivity contribution < 1.29 is 34.2 Å². The molecule has 0 aliphatic heterocycles. The molecule has 0 saturated heterocycles. The molecule has 158 valence electrons. The van der Waals surface area contributed by atoms with E-state index < -0.39 is 23.8 Å². The number of carboxylic acid groups (broad SMARTS) is 2. The van der Waals surface area contributed by atoms with E-state index in [1.165, 1.54) is 0 Å². The van der Waals surface area contributed by atoms with Gasteiger partial charge in [0, 0.05) is 6.42 Å². The van der Waals surface area contributed by atoms with Crippen molar-refractivity contribution >= 4 is 17.8 Å². The molecule has 0 radical (unpaired) electrons. The van der Waals surface area contributed by atoms with E-state index in [1.807, 2.05) is 0 Å². The van der Waals surface area contributed by atoms with Gasteiger partial charge in [-0.1, -0.05) is 26.2 Å². The summed E-state index contributed by atoms with van der Waals surface area (Å²) in [4.78, 5) is 34.5. The van der Waals surface area contributed by atoms with Crippen LogP contribution in [0.5, 0.6) is 0 Å². The van der Waals surface area contributed by atoms with Gasteiger partial charge >= 0.3 is 11.9 Å². The van der Waals surface area contributed by atoms with Crippen molar-refractivity contribution in [1.82, 2.24) is 5.32 Å². The lowest BCUT2D eigenvalue weighted by molar-refractivity contribution is -0.931. The van der Waals surface area contributed by atoms with Crippen LogP contribution in [0.25, 0.3) is 0 Å². The van der Waals surface area contributed by atoms with Gasteiger partial charge in [0.15, 0.2) is 0 Å². The van der Waals surface area contributed by atoms with E-state index in [0.717, 1.165) is 25.7 Å². The Labute approximate surface area is 162 Å². The van der Waals surface area contributed by atoms with Crippen molar-refractivity contribution in [2.75, 3.05) is 39.3 Å². The van der Waals surface area contributed by atoms with Crippen LogP contribution in [-0.2, 0) is 14.4 Å². The monoisotopic (exact) mass is 389 g/mol. The molecule has 1 amide bonds.